The summed E-state index contributed by atoms with van der Waals surface area (Å²) >= 11 is 0. The number of H-pyrrole nitrogens is 1. The highest BCUT2D eigenvalue weighted by Crippen LogP contribution is 2.24. The molecule has 0 bridgehead atoms. The maximum absolute atomic E-state index is 10.8. The number of nitrogens with one attached hydrogen (secondary N) is 1. The number of hydrogen-bond acceptors (Lipinski definition) is 3. The summed E-state index contributed by atoms with van der Waals surface area (Å²) in [5, 5.41) is 18.3. The van der Waals surface area contributed by atoms with Crippen LogP contribution in [0.15, 0.2) is 24.4 Å². The van der Waals surface area contributed by atoms with Gasteiger partial charge >= 0.3 is 11.9 Å². The summed E-state index contributed by atoms with van der Waals surface area (Å²) in [5.74, 6) is -2.17. The Morgan fingerprint density at radius 2 is 2.00 bits per heavy atom. The van der Waals surface area contributed by atoms with Crippen molar-refractivity contribution in [2.24, 2.45) is 5.73 Å². The maximum Gasteiger partial charge on any atom is 0.335 e. The van der Waals surface area contributed by atoms with Crippen LogP contribution < -0.4 is 5.73 Å². The Morgan fingerprint density at radius 1 is 1.29 bits per heavy atom. The van der Waals surface area contributed by atoms with Gasteiger partial charge in [0, 0.05) is 22.7 Å². The lowest BCUT2D eigenvalue weighted by molar-refractivity contribution is -0.138. The van der Waals surface area contributed by atoms with E-state index in [2.05, 4.69) is 4.98 Å². The monoisotopic (exact) mass is 234 g/mol. The first-order chi connectivity index (χ1) is 8.00. The van der Waals surface area contributed by atoms with Gasteiger partial charge in [0.05, 0.1) is 5.56 Å². The molecule has 88 valence electrons. The zero-order valence-electron chi connectivity index (χ0n) is 8.68. The Hall–Kier alpha value is -2.34. The lowest BCUT2D eigenvalue weighted by Crippen LogP contribution is -2.20. The van der Waals surface area contributed by atoms with E-state index >= 15 is 0 Å². The van der Waals surface area contributed by atoms with Crippen molar-refractivity contribution in [2.75, 3.05) is 0 Å². The highest BCUT2D eigenvalue weighted by molar-refractivity contribution is 5.95. The van der Waals surface area contributed by atoms with Crippen LogP contribution in [0.2, 0.25) is 0 Å². The van der Waals surface area contributed by atoms with Gasteiger partial charge in [-0.05, 0) is 12.1 Å². The largest absolute Gasteiger partial charge is 0.480 e. The van der Waals surface area contributed by atoms with Crippen LogP contribution in [0.5, 0.6) is 0 Å². The van der Waals surface area contributed by atoms with Crippen molar-refractivity contribution in [2.45, 2.75) is 6.04 Å². The van der Waals surface area contributed by atoms with E-state index in [1.165, 1.54) is 18.3 Å². The van der Waals surface area contributed by atoms with E-state index in [9.17, 15) is 9.59 Å². The van der Waals surface area contributed by atoms with Gasteiger partial charge in [0.15, 0.2) is 0 Å². The predicted molar refractivity (Wildman–Crippen MR) is 59.8 cm³/mol. The van der Waals surface area contributed by atoms with Crippen LogP contribution in [0.1, 0.15) is 22.0 Å². The van der Waals surface area contributed by atoms with Crippen molar-refractivity contribution in [1.29, 1.82) is 0 Å². The fourth-order valence-corrected chi connectivity index (χ4v) is 1.67. The van der Waals surface area contributed by atoms with Gasteiger partial charge in [0.2, 0.25) is 0 Å². The van der Waals surface area contributed by atoms with Crippen molar-refractivity contribution in [3.63, 3.8) is 0 Å². The van der Waals surface area contributed by atoms with E-state index < -0.39 is 18.0 Å². The second kappa shape index (κ2) is 3.91. The van der Waals surface area contributed by atoms with E-state index in [1.807, 2.05) is 0 Å². The molecule has 1 unspecified atom stereocenters. The molecule has 0 saturated heterocycles. The number of rotatable bonds is 3. The molecule has 1 atom stereocenters. The minimum Gasteiger partial charge on any atom is -0.480 e. The topological polar surface area (TPSA) is 116 Å². The Balaban J connectivity index is 2.56. The van der Waals surface area contributed by atoms with Crippen molar-refractivity contribution >= 4 is 22.8 Å². The van der Waals surface area contributed by atoms with Gasteiger partial charge in [-0.3, -0.25) is 4.79 Å². The Kier molecular flexibility index (Phi) is 2.57. The minimum absolute atomic E-state index is 0.134. The van der Waals surface area contributed by atoms with E-state index in [1.54, 1.807) is 6.07 Å². The SMILES string of the molecule is NC(C(=O)O)c1c[nH]c2cc(C(=O)O)ccc12. The van der Waals surface area contributed by atoms with Crippen LogP contribution in [-0.4, -0.2) is 27.1 Å². The van der Waals surface area contributed by atoms with Gasteiger partial charge < -0.3 is 20.9 Å². The van der Waals surface area contributed by atoms with Gasteiger partial charge in [-0.2, -0.15) is 0 Å². The van der Waals surface area contributed by atoms with E-state index in [0.717, 1.165) is 0 Å². The third kappa shape index (κ3) is 1.85. The number of aromatic carboxylic acids is 1. The number of carboxylic acid groups (broad SMARTS) is 2. The molecule has 0 spiro atoms. The average Bonchev–Trinajstić information content (AvgIpc) is 2.70. The molecule has 0 aliphatic heterocycles. The average molecular weight is 234 g/mol. The number of aromatic amines is 1. The highest BCUT2D eigenvalue weighted by atomic mass is 16.4. The summed E-state index contributed by atoms with van der Waals surface area (Å²) < 4.78 is 0. The van der Waals surface area contributed by atoms with Crippen LogP contribution in [0.3, 0.4) is 0 Å². The molecule has 1 aromatic carbocycles. The van der Waals surface area contributed by atoms with E-state index in [4.69, 9.17) is 15.9 Å². The Labute approximate surface area is 95.7 Å². The van der Waals surface area contributed by atoms with Crippen LogP contribution >= 0.6 is 0 Å². The number of aliphatic carboxylic acids is 1. The van der Waals surface area contributed by atoms with Crippen molar-refractivity contribution in [3.05, 3.63) is 35.5 Å². The van der Waals surface area contributed by atoms with Crippen LogP contribution in [-0.2, 0) is 4.79 Å². The number of carbonyl (C=O) groups is 2. The number of aromatic nitrogens is 1. The first-order valence-corrected chi connectivity index (χ1v) is 4.83. The summed E-state index contributed by atoms with van der Waals surface area (Å²) in [7, 11) is 0. The number of nitrogens with two attached hydrogens (primary N) is 1. The van der Waals surface area contributed by atoms with Gasteiger partial charge in [-0.25, -0.2) is 4.79 Å². The molecule has 6 heteroatoms. The summed E-state index contributed by atoms with van der Waals surface area (Å²) in [6, 6.07) is 3.28. The van der Waals surface area contributed by atoms with E-state index in [0.29, 0.717) is 16.5 Å². The van der Waals surface area contributed by atoms with E-state index in [-0.39, 0.29) is 5.56 Å². The normalized spacial score (nSPS) is 12.5. The van der Waals surface area contributed by atoms with Crippen LogP contribution in [0.4, 0.5) is 0 Å². The zero-order valence-corrected chi connectivity index (χ0v) is 8.68. The molecule has 5 N–H and O–H groups in total. The number of benzene rings is 1. The Bertz CT molecular complexity index is 603. The molecule has 6 nitrogen and oxygen atoms in total. The number of carboxylic acids is 2. The summed E-state index contributed by atoms with van der Waals surface area (Å²) in [6.45, 7) is 0. The minimum atomic E-state index is -1.13. The smallest absolute Gasteiger partial charge is 0.335 e. The molecule has 0 aliphatic rings. The molecule has 1 aromatic heterocycles. The lowest BCUT2D eigenvalue weighted by atomic mass is 10.1. The zero-order chi connectivity index (χ0) is 12.6. The van der Waals surface area contributed by atoms with Gasteiger partial charge in [0.25, 0.3) is 0 Å². The second-order valence-corrected chi connectivity index (χ2v) is 3.63. The highest BCUT2D eigenvalue weighted by Gasteiger charge is 2.18. The van der Waals surface area contributed by atoms with Gasteiger partial charge in [-0.15, -0.1) is 0 Å². The molecule has 0 fully saturated rings. The molecule has 0 radical (unpaired) electrons. The molecule has 17 heavy (non-hydrogen) atoms. The first-order valence-electron chi connectivity index (χ1n) is 4.83. The molecule has 2 aromatic rings. The molecule has 0 saturated carbocycles. The molecule has 0 amide bonds. The Morgan fingerprint density at radius 3 is 2.59 bits per heavy atom. The summed E-state index contributed by atoms with van der Waals surface area (Å²) in [5.41, 5.74) is 6.63. The molecular weight excluding hydrogens is 224 g/mol. The van der Waals surface area contributed by atoms with Gasteiger partial charge in [0.1, 0.15) is 6.04 Å². The fourth-order valence-electron chi connectivity index (χ4n) is 1.67. The van der Waals surface area contributed by atoms with Crippen molar-refractivity contribution in [3.8, 4) is 0 Å². The summed E-state index contributed by atoms with van der Waals surface area (Å²) in [4.78, 5) is 24.4. The second-order valence-electron chi connectivity index (χ2n) is 3.63. The van der Waals surface area contributed by atoms with Crippen molar-refractivity contribution < 1.29 is 19.8 Å². The molecule has 0 aliphatic carbocycles. The maximum atomic E-state index is 10.8. The van der Waals surface area contributed by atoms with Crippen LogP contribution in [0.25, 0.3) is 10.9 Å². The standard InChI is InChI=1S/C11H10N2O4/c12-9(11(16)17)7-4-13-8-3-5(10(14)15)1-2-6(7)8/h1-4,9,13H,12H2,(H,14,15)(H,16,17). The number of fused-ring (bicyclic) bond motifs is 1. The fraction of sp³-hybridized carbons (Fsp3) is 0.0909. The third-order valence-electron chi connectivity index (χ3n) is 2.56. The first kappa shape index (κ1) is 11.2. The van der Waals surface area contributed by atoms with Crippen molar-refractivity contribution in [1.82, 2.24) is 4.98 Å². The quantitative estimate of drug-likeness (QED) is 0.630. The van der Waals surface area contributed by atoms with Gasteiger partial charge in [-0.1, -0.05) is 6.07 Å². The lowest BCUT2D eigenvalue weighted by Gasteiger charge is -2.04. The molecule has 2 rings (SSSR count). The summed E-state index contributed by atoms with van der Waals surface area (Å²) in [6.07, 6.45) is 1.48. The molecular formula is C11H10N2O4. The van der Waals surface area contributed by atoms with Crippen LogP contribution in [0, 0.1) is 0 Å². The third-order valence-corrected chi connectivity index (χ3v) is 2.56. The molecule has 1 heterocycles. The predicted octanol–water partition coefficient (Wildman–Crippen LogP) is 0.950. The number of hydrogen-bond donors (Lipinski definition) is 4.